The number of carbonyl (C=O) groups is 1. The number of unbranched alkanes of at least 4 members (excludes halogenated alkanes) is 1. The number of hydrogen-bond donors (Lipinski definition) is 1. The number of aromatic amines is 1. The summed E-state index contributed by atoms with van der Waals surface area (Å²) < 4.78 is 11.2. The van der Waals surface area contributed by atoms with E-state index < -0.39 is 0 Å². The van der Waals surface area contributed by atoms with Crippen LogP contribution >= 0.6 is 0 Å². The first-order valence-electron chi connectivity index (χ1n) is 12.1. The minimum atomic E-state index is -0.264. The number of nitrogens with zero attached hydrogens (tertiary/aromatic N) is 1. The van der Waals surface area contributed by atoms with Crippen LogP contribution < -0.4 is 4.74 Å². The van der Waals surface area contributed by atoms with Gasteiger partial charge in [-0.1, -0.05) is 26.3 Å². The lowest BCUT2D eigenvalue weighted by atomic mass is 9.55. The molecule has 166 valence electrons. The lowest BCUT2D eigenvalue weighted by molar-refractivity contribution is 0.0516. The molecule has 1 fully saturated rings. The molecule has 5 rings (SSSR count). The van der Waals surface area contributed by atoms with Crippen molar-refractivity contribution in [2.45, 2.75) is 77.0 Å². The fourth-order valence-corrected chi connectivity index (χ4v) is 6.60. The summed E-state index contributed by atoms with van der Waals surface area (Å²) in [6, 6.07) is 6.78. The number of nitrogens with one attached hydrogen (secondary N) is 1. The normalized spacial score (nSPS) is 28.3. The summed E-state index contributed by atoms with van der Waals surface area (Å²) in [7, 11) is 0. The minimum absolute atomic E-state index is 0.0540. The van der Waals surface area contributed by atoms with E-state index in [0.29, 0.717) is 30.1 Å². The Labute approximate surface area is 184 Å². The van der Waals surface area contributed by atoms with Crippen molar-refractivity contribution in [3.05, 3.63) is 46.3 Å². The highest BCUT2D eigenvalue weighted by atomic mass is 16.5. The number of aromatic nitrogens is 2. The zero-order valence-corrected chi connectivity index (χ0v) is 19.0. The smallest absolute Gasteiger partial charge is 0.356 e. The first-order valence-corrected chi connectivity index (χ1v) is 12.1. The van der Waals surface area contributed by atoms with Crippen LogP contribution in [0.25, 0.3) is 0 Å². The minimum Gasteiger partial charge on any atom is -0.494 e. The van der Waals surface area contributed by atoms with Gasteiger partial charge in [0.25, 0.3) is 0 Å². The third kappa shape index (κ3) is 3.28. The third-order valence-electron chi connectivity index (χ3n) is 8.17. The number of benzene rings is 1. The van der Waals surface area contributed by atoms with Gasteiger partial charge >= 0.3 is 5.97 Å². The van der Waals surface area contributed by atoms with Gasteiger partial charge in [-0.3, -0.25) is 5.10 Å². The average molecular weight is 423 g/mol. The van der Waals surface area contributed by atoms with Crippen molar-refractivity contribution in [2.75, 3.05) is 13.2 Å². The SMILES string of the molecule is CCCCOc1ccc2c(c1)CCC1C2CC[C@]2(C)c3n[nH]c(C(=O)OCC)c3CC12. The van der Waals surface area contributed by atoms with Gasteiger partial charge in [0.2, 0.25) is 0 Å². The molecule has 5 heteroatoms. The number of carbonyl (C=O) groups excluding carboxylic acids is 1. The van der Waals surface area contributed by atoms with Crippen LogP contribution in [-0.2, 0) is 23.0 Å². The van der Waals surface area contributed by atoms with Gasteiger partial charge in [-0.05, 0) is 86.5 Å². The molecule has 5 nitrogen and oxygen atoms in total. The molecular weight excluding hydrogens is 388 g/mol. The first kappa shape index (κ1) is 20.6. The molecule has 1 heterocycles. The van der Waals surface area contributed by atoms with Crippen LogP contribution in [0.5, 0.6) is 5.75 Å². The fourth-order valence-electron chi connectivity index (χ4n) is 6.60. The van der Waals surface area contributed by atoms with E-state index in [4.69, 9.17) is 9.47 Å². The Morgan fingerprint density at radius 1 is 1.29 bits per heavy atom. The van der Waals surface area contributed by atoms with Gasteiger partial charge in [-0.2, -0.15) is 5.10 Å². The Balaban J connectivity index is 1.39. The molecule has 1 aromatic heterocycles. The summed E-state index contributed by atoms with van der Waals surface area (Å²) in [6.45, 7) is 7.60. The van der Waals surface area contributed by atoms with E-state index in [1.54, 1.807) is 0 Å². The van der Waals surface area contributed by atoms with Crippen LogP contribution in [0.15, 0.2) is 18.2 Å². The van der Waals surface area contributed by atoms with Gasteiger partial charge in [0.05, 0.1) is 18.9 Å². The van der Waals surface area contributed by atoms with Crippen molar-refractivity contribution in [2.24, 2.45) is 11.8 Å². The van der Waals surface area contributed by atoms with E-state index in [2.05, 4.69) is 42.2 Å². The fraction of sp³-hybridized carbons (Fsp3) is 0.615. The highest BCUT2D eigenvalue weighted by Gasteiger charge is 2.55. The maximum Gasteiger partial charge on any atom is 0.356 e. The average Bonchev–Trinajstić information content (AvgIpc) is 3.32. The topological polar surface area (TPSA) is 64.2 Å². The van der Waals surface area contributed by atoms with Gasteiger partial charge < -0.3 is 9.47 Å². The molecule has 2 aromatic rings. The number of aryl methyl sites for hydroxylation is 1. The lowest BCUT2D eigenvalue weighted by Gasteiger charge is -2.49. The molecule has 0 radical (unpaired) electrons. The summed E-state index contributed by atoms with van der Waals surface area (Å²) in [5.74, 6) is 2.54. The number of ether oxygens (including phenoxy) is 2. The van der Waals surface area contributed by atoms with Crippen LogP contribution in [0.1, 0.15) is 91.7 Å². The molecule has 1 aromatic carbocycles. The highest BCUT2D eigenvalue weighted by molar-refractivity contribution is 5.89. The lowest BCUT2D eigenvalue weighted by Crippen LogP contribution is -2.43. The second-order valence-electron chi connectivity index (χ2n) is 9.78. The van der Waals surface area contributed by atoms with Gasteiger partial charge in [0.15, 0.2) is 0 Å². The third-order valence-corrected chi connectivity index (χ3v) is 8.17. The quantitative estimate of drug-likeness (QED) is 0.504. The first-order chi connectivity index (χ1) is 15.1. The molecule has 1 N–H and O–H groups in total. The van der Waals surface area contributed by atoms with Crippen LogP contribution in [0.4, 0.5) is 0 Å². The van der Waals surface area contributed by atoms with Crippen molar-refractivity contribution < 1.29 is 14.3 Å². The zero-order valence-electron chi connectivity index (χ0n) is 19.0. The number of rotatable bonds is 6. The largest absolute Gasteiger partial charge is 0.494 e. The van der Waals surface area contributed by atoms with E-state index in [0.717, 1.165) is 55.7 Å². The molecule has 31 heavy (non-hydrogen) atoms. The van der Waals surface area contributed by atoms with E-state index in [9.17, 15) is 4.79 Å². The zero-order chi connectivity index (χ0) is 21.6. The molecule has 0 saturated heterocycles. The summed E-state index contributed by atoms with van der Waals surface area (Å²) in [4.78, 5) is 12.4. The van der Waals surface area contributed by atoms with Crippen LogP contribution in [0.2, 0.25) is 0 Å². The van der Waals surface area contributed by atoms with Gasteiger partial charge in [-0.25, -0.2) is 4.79 Å². The molecule has 3 aliphatic rings. The van der Waals surface area contributed by atoms with E-state index in [1.165, 1.54) is 24.0 Å². The molecule has 3 aliphatic carbocycles. The summed E-state index contributed by atoms with van der Waals surface area (Å²) in [5, 5.41) is 7.64. The van der Waals surface area contributed by atoms with Gasteiger partial charge in [-0.15, -0.1) is 0 Å². The predicted molar refractivity (Wildman–Crippen MR) is 120 cm³/mol. The molecule has 0 spiro atoms. The summed E-state index contributed by atoms with van der Waals surface area (Å²) >= 11 is 0. The molecule has 4 atom stereocenters. The Hall–Kier alpha value is -2.30. The Morgan fingerprint density at radius 3 is 2.97 bits per heavy atom. The highest BCUT2D eigenvalue weighted by Crippen LogP contribution is 2.60. The van der Waals surface area contributed by atoms with Crippen molar-refractivity contribution in [3.8, 4) is 5.75 Å². The second-order valence-corrected chi connectivity index (χ2v) is 9.78. The van der Waals surface area contributed by atoms with E-state index in [-0.39, 0.29) is 11.4 Å². The standard InChI is InChI=1S/C26H34N2O3/c1-4-6-13-31-17-8-10-18-16(14-17)7-9-20-19(18)11-12-26(3)22(20)15-21-23(25(29)30-5-2)27-28-24(21)26/h8,10,14,19-20,22H,4-7,9,11-13,15H2,1-3H3,(H,27,28)/t19?,20?,22?,26-/m0/s1. The summed E-state index contributed by atoms with van der Waals surface area (Å²) in [6.07, 6.45) is 7.82. The van der Waals surface area contributed by atoms with Crippen molar-refractivity contribution >= 4 is 5.97 Å². The summed E-state index contributed by atoms with van der Waals surface area (Å²) in [5.41, 5.74) is 5.86. The van der Waals surface area contributed by atoms with Gasteiger partial charge in [0, 0.05) is 11.0 Å². The maximum atomic E-state index is 12.4. The van der Waals surface area contributed by atoms with Gasteiger partial charge in [0.1, 0.15) is 11.4 Å². The van der Waals surface area contributed by atoms with Crippen LogP contribution in [-0.4, -0.2) is 29.4 Å². The second kappa shape index (κ2) is 7.99. The Morgan fingerprint density at radius 2 is 2.16 bits per heavy atom. The molecular formula is C26H34N2O3. The number of hydrogen-bond acceptors (Lipinski definition) is 4. The van der Waals surface area contributed by atoms with Crippen molar-refractivity contribution in [3.63, 3.8) is 0 Å². The van der Waals surface area contributed by atoms with Crippen molar-refractivity contribution in [1.29, 1.82) is 0 Å². The number of fused-ring (bicyclic) bond motifs is 7. The Bertz CT molecular complexity index is 981. The van der Waals surface area contributed by atoms with Crippen molar-refractivity contribution in [1.82, 2.24) is 10.2 Å². The Kier molecular flexibility index (Phi) is 5.31. The molecule has 3 unspecified atom stereocenters. The van der Waals surface area contributed by atoms with E-state index >= 15 is 0 Å². The number of esters is 1. The maximum absolute atomic E-state index is 12.4. The molecule has 1 saturated carbocycles. The van der Waals surface area contributed by atoms with E-state index in [1.807, 2.05) is 6.92 Å². The van der Waals surface area contributed by atoms with Crippen LogP contribution in [0, 0.1) is 11.8 Å². The number of H-pyrrole nitrogens is 1. The molecule has 0 amide bonds. The molecule has 0 bridgehead atoms. The van der Waals surface area contributed by atoms with Crippen LogP contribution in [0.3, 0.4) is 0 Å². The molecule has 0 aliphatic heterocycles. The predicted octanol–water partition coefficient (Wildman–Crippen LogP) is 5.34. The monoisotopic (exact) mass is 422 g/mol.